The van der Waals surface area contributed by atoms with Crippen molar-refractivity contribution >= 4 is 28.3 Å². The molecule has 2 aliphatic carbocycles. The molecule has 5 nitrogen and oxygen atoms in total. The van der Waals surface area contributed by atoms with Gasteiger partial charge in [-0.15, -0.1) is 11.3 Å². The van der Waals surface area contributed by atoms with Crippen molar-refractivity contribution in [2.45, 2.75) is 70.9 Å². The molecule has 2 saturated carbocycles. The Labute approximate surface area is 141 Å². The number of nitrogens with zero attached hydrogens (tertiary/aromatic N) is 2. The Bertz CT molecular complexity index is 574. The van der Waals surface area contributed by atoms with E-state index in [0.717, 1.165) is 31.6 Å². The van der Waals surface area contributed by atoms with Gasteiger partial charge < -0.3 is 10.2 Å². The van der Waals surface area contributed by atoms with Crippen LogP contribution in [0, 0.1) is 5.92 Å². The average Bonchev–Trinajstić information content (AvgIpc) is 3.26. The lowest BCUT2D eigenvalue weighted by Gasteiger charge is -2.36. The van der Waals surface area contributed by atoms with Crippen molar-refractivity contribution in [3.63, 3.8) is 0 Å². The molecule has 0 unspecified atom stereocenters. The summed E-state index contributed by atoms with van der Waals surface area (Å²) >= 11 is 1.32. The zero-order valence-electron chi connectivity index (χ0n) is 13.9. The van der Waals surface area contributed by atoms with Gasteiger partial charge in [-0.05, 0) is 44.4 Å². The summed E-state index contributed by atoms with van der Waals surface area (Å²) in [7, 11) is 0. The van der Waals surface area contributed by atoms with Crippen LogP contribution in [0.3, 0.4) is 0 Å². The maximum Gasteiger partial charge on any atom is 0.273 e. The predicted octanol–water partition coefficient (Wildman–Crippen LogP) is 3.67. The van der Waals surface area contributed by atoms with Crippen molar-refractivity contribution < 1.29 is 9.59 Å². The summed E-state index contributed by atoms with van der Waals surface area (Å²) in [5.41, 5.74) is 0.475. The second-order valence-corrected chi connectivity index (χ2v) is 7.60. The monoisotopic (exact) mass is 335 g/mol. The third-order valence-corrected chi connectivity index (χ3v) is 5.73. The molecule has 2 fully saturated rings. The van der Waals surface area contributed by atoms with Crippen LogP contribution in [0.25, 0.3) is 0 Å². The van der Waals surface area contributed by atoms with Crippen LogP contribution in [-0.2, 0) is 4.79 Å². The number of aromatic nitrogens is 1. The zero-order valence-corrected chi connectivity index (χ0v) is 14.7. The minimum atomic E-state index is -0.157. The predicted molar refractivity (Wildman–Crippen MR) is 91.6 cm³/mol. The molecule has 2 amide bonds. The van der Waals surface area contributed by atoms with Crippen LogP contribution < -0.4 is 5.32 Å². The summed E-state index contributed by atoms with van der Waals surface area (Å²) < 4.78 is 0. The lowest BCUT2D eigenvalue weighted by Crippen LogP contribution is -2.44. The van der Waals surface area contributed by atoms with E-state index in [0.29, 0.717) is 22.9 Å². The Morgan fingerprint density at radius 1 is 1.22 bits per heavy atom. The lowest BCUT2D eigenvalue weighted by atomic mass is 9.84. The molecular weight excluding hydrogens is 310 g/mol. The van der Waals surface area contributed by atoms with Gasteiger partial charge in [-0.25, -0.2) is 4.98 Å². The fourth-order valence-electron chi connectivity index (χ4n) is 3.53. The SMILES string of the molecule is CCC1CCC(N(C(=O)c2csc(NC(C)=O)n2)C2CC2)CC1. The molecule has 1 aromatic heterocycles. The molecule has 0 saturated heterocycles. The topological polar surface area (TPSA) is 62.3 Å². The van der Waals surface area contributed by atoms with Gasteiger partial charge in [0, 0.05) is 24.4 Å². The number of anilines is 1. The fraction of sp³-hybridized carbons (Fsp3) is 0.706. The van der Waals surface area contributed by atoms with E-state index in [1.165, 1.54) is 37.5 Å². The first kappa shape index (κ1) is 16.4. The van der Waals surface area contributed by atoms with Crippen LogP contribution in [0.1, 0.15) is 69.3 Å². The minimum Gasteiger partial charge on any atom is -0.331 e. The molecule has 0 atom stereocenters. The van der Waals surface area contributed by atoms with Crippen molar-refractivity contribution in [3.8, 4) is 0 Å². The van der Waals surface area contributed by atoms with E-state index in [4.69, 9.17) is 0 Å². The van der Waals surface area contributed by atoms with E-state index in [9.17, 15) is 9.59 Å². The molecule has 126 valence electrons. The van der Waals surface area contributed by atoms with Crippen molar-refractivity contribution in [1.82, 2.24) is 9.88 Å². The molecule has 0 aliphatic heterocycles. The molecule has 6 heteroatoms. The van der Waals surface area contributed by atoms with Crippen LogP contribution >= 0.6 is 11.3 Å². The molecule has 1 aromatic rings. The van der Waals surface area contributed by atoms with E-state index in [2.05, 4.69) is 22.1 Å². The first-order chi connectivity index (χ1) is 11.1. The first-order valence-corrected chi connectivity index (χ1v) is 9.52. The number of amides is 2. The molecule has 23 heavy (non-hydrogen) atoms. The van der Waals surface area contributed by atoms with Gasteiger partial charge >= 0.3 is 0 Å². The summed E-state index contributed by atoms with van der Waals surface area (Å²) in [5, 5.41) is 4.92. The molecule has 1 N–H and O–H groups in total. The van der Waals surface area contributed by atoms with Gasteiger partial charge in [0.25, 0.3) is 5.91 Å². The van der Waals surface area contributed by atoms with Gasteiger partial charge in [-0.2, -0.15) is 0 Å². The van der Waals surface area contributed by atoms with Crippen LogP contribution in [-0.4, -0.2) is 33.8 Å². The molecule has 0 spiro atoms. The highest BCUT2D eigenvalue weighted by molar-refractivity contribution is 7.14. The molecule has 0 bridgehead atoms. The molecule has 1 heterocycles. The first-order valence-electron chi connectivity index (χ1n) is 8.64. The summed E-state index contributed by atoms with van der Waals surface area (Å²) in [5.74, 6) is 0.712. The van der Waals surface area contributed by atoms with Crippen molar-refractivity contribution in [3.05, 3.63) is 11.1 Å². The standard InChI is InChI=1S/C17H25N3O2S/c1-3-12-4-6-13(7-5-12)20(14-8-9-14)16(22)15-10-23-17(19-15)18-11(2)21/h10,12-14H,3-9H2,1-2H3,(H,18,19,21). The van der Waals surface area contributed by atoms with Crippen molar-refractivity contribution in [2.75, 3.05) is 5.32 Å². The Morgan fingerprint density at radius 3 is 2.35 bits per heavy atom. The smallest absolute Gasteiger partial charge is 0.273 e. The highest BCUT2D eigenvalue weighted by Gasteiger charge is 2.39. The Balaban J connectivity index is 1.69. The largest absolute Gasteiger partial charge is 0.331 e. The summed E-state index contributed by atoms with van der Waals surface area (Å²) in [6.07, 6.45) is 8.16. The van der Waals surface area contributed by atoms with Crippen LogP contribution in [0.2, 0.25) is 0 Å². The Hall–Kier alpha value is -1.43. The van der Waals surface area contributed by atoms with Gasteiger partial charge in [0.1, 0.15) is 5.69 Å². The third-order valence-electron chi connectivity index (χ3n) is 4.97. The number of nitrogens with one attached hydrogen (secondary N) is 1. The van der Waals surface area contributed by atoms with E-state index < -0.39 is 0 Å². The van der Waals surface area contributed by atoms with Gasteiger partial charge in [0.2, 0.25) is 5.91 Å². The van der Waals surface area contributed by atoms with Crippen molar-refractivity contribution in [1.29, 1.82) is 0 Å². The van der Waals surface area contributed by atoms with Crippen LogP contribution in [0.5, 0.6) is 0 Å². The maximum absolute atomic E-state index is 12.9. The highest BCUT2D eigenvalue weighted by Crippen LogP contribution is 2.37. The highest BCUT2D eigenvalue weighted by atomic mass is 32.1. The van der Waals surface area contributed by atoms with Gasteiger partial charge in [-0.3, -0.25) is 9.59 Å². The second kappa shape index (κ2) is 6.99. The third kappa shape index (κ3) is 3.91. The molecule has 2 aliphatic rings. The quantitative estimate of drug-likeness (QED) is 0.893. The Kier molecular flexibility index (Phi) is 4.99. The summed E-state index contributed by atoms with van der Waals surface area (Å²) in [6, 6.07) is 0.764. The van der Waals surface area contributed by atoms with E-state index >= 15 is 0 Å². The van der Waals surface area contributed by atoms with E-state index in [1.807, 2.05) is 0 Å². The minimum absolute atomic E-state index is 0.0419. The lowest BCUT2D eigenvalue weighted by molar-refractivity contribution is -0.114. The number of hydrogen-bond acceptors (Lipinski definition) is 4. The van der Waals surface area contributed by atoms with E-state index in [1.54, 1.807) is 5.38 Å². The number of carbonyl (C=O) groups excluding carboxylic acids is 2. The molecular formula is C17H25N3O2S. The number of rotatable bonds is 5. The number of hydrogen-bond donors (Lipinski definition) is 1. The summed E-state index contributed by atoms with van der Waals surface area (Å²) in [6.45, 7) is 3.71. The van der Waals surface area contributed by atoms with E-state index in [-0.39, 0.29) is 11.8 Å². The summed E-state index contributed by atoms with van der Waals surface area (Å²) in [4.78, 5) is 30.4. The van der Waals surface area contributed by atoms with Gasteiger partial charge in [-0.1, -0.05) is 13.3 Å². The van der Waals surface area contributed by atoms with Crippen molar-refractivity contribution in [2.24, 2.45) is 5.92 Å². The maximum atomic E-state index is 12.9. The zero-order chi connectivity index (χ0) is 16.4. The van der Waals surface area contributed by atoms with Gasteiger partial charge in [0.15, 0.2) is 5.13 Å². The Morgan fingerprint density at radius 2 is 1.83 bits per heavy atom. The normalized spacial score (nSPS) is 24.3. The second-order valence-electron chi connectivity index (χ2n) is 6.75. The van der Waals surface area contributed by atoms with Crippen LogP contribution in [0.4, 0.5) is 5.13 Å². The average molecular weight is 335 g/mol. The molecule has 3 rings (SSSR count). The fourth-order valence-corrected chi connectivity index (χ4v) is 4.26. The number of thiazole rings is 1. The van der Waals surface area contributed by atoms with Gasteiger partial charge in [0.05, 0.1) is 0 Å². The van der Waals surface area contributed by atoms with Crippen LogP contribution in [0.15, 0.2) is 5.38 Å². The number of carbonyl (C=O) groups is 2. The molecule has 0 aromatic carbocycles. The molecule has 0 radical (unpaired) electrons.